The topological polar surface area (TPSA) is 138 Å². The van der Waals surface area contributed by atoms with Gasteiger partial charge in [-0.1, -0.05) is 60.7 Å². The Labute approximate surface area is 271 Å². The Morgan fingerprint density at radius 1 is 0.957 bits per heavy atom. The molecule has 1 fully saturated rings. The molecular weight excluding hydrogens is 582 g/mol. The number of fused-ring (bicyclic) bond motifs is 1. The highest BCUT2D eigenvalue weighted by Crippen LogP contribution is 2.39. The first-order chi connectivity index (χ1) is 22.0. The van der Waals surface area contributed by atoms with E-state index >= 15 is 0 Å². The first-order valence-corrected chi connectivity index (χ1v) is 16.1. The lowest BCUT2D eigenvalue weighted by molar-refractivity contribution is -0.132. The van der Waals surface area contributed by atoms with E-state index in [1.807, 2.05) is 80.4 Å². The van der Waals surface area contributed by atoms with Crippen LogP contribution >= 0.6 is 0 Å². The van der Waals surface area contributed by atoms with Crippen molar-refractivity contribution in [3.63, 3.8) is 0 Å². The monoisotopic (exact) mass is 629 g/mol. The Hall–Kier alpha value is -3.67. The molecule has 46 heavy (non-hydrogen) atoms. The molecule has 2 amide bonds. The van der Waals surface area contributed by atoms with Gasteiger partial charge in [0.05, 0.1) is 12.1 Å². The molecule has 2 aromatic carbocycles. The van der Waals surface area contributed by atoms with Crippen molar-refractivity contribution in [3.05, 3.63) is 101 Å². The summed E-state index contributed by atoms with van der Waals surface area (Å²) in [6, 6.07) is 19.5. The van der Waals surface area contributed by atoms with Crippen molar-refractivity contribution in [3.8, 4) is 0 Å². The Morgan fingerprint density at radius 3 is 2.35 bits per heavy atom. The molecule has 0 spiro atoms. The number of aliphatic hydroxyl groups excluding tert-OH is 3. The number of β-amino-alcohol motifs (C(OH)–C–C–N with tert-alkyl or cyclic N) is 1. The first kappa shape index (κ1) is 33.7. The number of nitrogens with one attached hydrogen (secondary N) is 2. The van der Waals surface area contributed by atoms with Gasteiger partial charge in [0.15, 0.2) is 0 Å². The number of benzene rings is 2. The summed E-state index contributed by atoms with van der Waals surface area (Å²) in [5.41, 5.74) is 2.90. The van der Waals surface area contributed by atoms with E-state index in [1.54, 1.807) is 24.4 Å². The van der Waals surface area contributed by atoms with Crippen molar-refractivity contribution in [1.29, 1.82) is 0 Å². The highest BCUT2D eigenvalue weighted by molar-refractivity contribution is 5.83. The number of piperazine rings is 1. The number of aromatic nitrogens is 1. The van der Waals surface area contributed by atoms with Crippen LogP contribution in [0.25, 0.3) is 0 Å². The summed E-state index contributed by atoms with van der Waals surface area (Å²) in [5, 5.41) is 39.0. The molecule has 0 bridgehead atoms. The number of hydrogen-bond acceptors (Lipinski definition) is 8. The predicted octanol–water partition coefficient (Wildman–Crippen LogP) is 2.36. The van der Waals surface area contributed by atoms with Gasteiger partial charge in [-0.25, -0.2) is 0 Å². The maximum atomic E-state index is 13.8. The minimum atomic E-state index is -1.17. The fraction of sp³-hybridized carbons (Fsp3) is 0.472. The average molecular weight is 630 g/mol. The van der Waals surface area contributed by atoms with Gasteiger partial charge in [0.2, 0.25) is 11.8 Å². The van der Waals surface area contributed by atoms with Crippen molar-refractivity contribution in [2.24, 2.45) is 5.92 Å². The van der Waals surface area contributed by atoms with Gasteiger partial charge in [-0.15, -0.1) is 0 Å². The van der Waals surface area contributed by atoms with E-state index in [2.05, 4.69) is 20.5 Å². The number of rotatable bonds is 11. The number of amides is 2. The number of pyridine rings is 1. The number of carbonyl (C=O) groups excluding carboxylic acids is 2. The molecule has 246 valence electrons. The molecule has 2 heterocycles. The van der Waals surface area contributed by atoms with Crippen LogP contribution in [0.2, 0.25) is 0 Å². The maximum Gasteiger partial charge on any atom is 0.239 e. The van der Waals surface area contributed by atoms with Crippen LogP contribution in [0.4, 0.5) is 0 Å². The fourth-order valence-corrected chi connectivity index (χ4v) is 6.59. The normalized spacial score (nSPS) is 23.3. The van der Waals surface area contributed by atoms with E-state index in [4.69, 9.17) is 0 Å². The van der Waals surface area contributed by atoms with E-state index in [9.17, 15) is 24.9 Å². The second kappa shape index (κ2) is 14.8. The fourth-order valence-electron chi connectivity index (χ4n) is 6.59. The van der Waals surface area contributed by atoms with Crippen LogP contribution in [0.1, 0.15) is 61.6 Å². The summed E-state index contributed by atoms with van der Waals surface area (Å²) >= 11 is 0. The van der Waals surface area contributed by atoms with Crippen molar-refractivity contribution in [2.45, 2.75) is 76.1 Å². The van der Waals surface area contributed by atoms with Crippen molar-refractivity contribution in [2.75, 3.05) is 26.2 Å². The number of hydrogen-bond donors (Lipinski definition) is 5. The quantitative estimate of drug-likeness (QED) is 0.218. The van der Waals surface area contributed by atoms with Gasteiger partial charge >= 0.3 is 0 Å². The third-order valence-electron chi connectivity index (χ3n) is 8.82. The van der Waals surface area contributed by atoms with Crippen LogP contribution in [-0.4, -0.2) is 91.9 Å². The highest BCUT2D eigenvalue weighted by Gasteiger charge is 2.41. The maximum absolute atomic E-state index is 13.8. The molecule has 10 heteroatoms. The molecule has 2 aliphatic rings. The largest absolute Gasteiger partial charge is 0.392 e. The third-order valence-corrected chi connectivity index (χ3v) is 8.82. The second-order valence-corrected chi connectivity index (χ2v) is 13.7. The Morgan fingerprint density at radius 2 is 1.65 bits per heavy atom. The molecular formula is C36H47N5O5. The van der Waals surface area contributed by atoms with E-state index in [-0.39, 0.29) is 24.8 Å². The van der Waals surface area contributed by atoms with Crippen LogP contribution in [-0.2, 0) is 22.6 Å². The zero-order valence-corrected chi connectivity index (χ0v) is 26.9. The second-order valence-electron chi connectivity index (χ2n) is 13.7. The van der Waals surface area contributed by atoms with E-state index < -0.39 is 41.9 Å². The molecule has 6 atom stereocenters. The minimum Gasteiger partial charge on any atom is -0.392 e. The van der Waals surface area contributed by atoms with Crippen LogP contribution in [0.5, 0.6) is 0 Å². The molecule has 10 nitrogen and oxygen atoms in total. The molecule has 1 aliphatic heterocycles. The standard InChI is InChI=1S/C36H47N5O5/c1-36(2,3)39-35(46)30-23-40(21-25-12-9-15-37-20-25)16-17-41(30)22-27(42)19-26(18-24-10-5-4-6-11-24)34(45)38-31-28-13-7-8-14-29(28)32(43)33(31)44/h4-15,20,26-27,30-33,42-44H,16-19,21-23H2,1-3H3,(H,38,45)(H,39,46)/t26-,27-,30-,31?,32+,33-/m0/s1. The lowest BCUT2D eigenvalue weighted by Crippen LogP contribution is -2.61. The van der Waals surface area contributed by atoms with E-state index in [0.717, 1.165) is 17.7 Å². The highest BCUT2D eigenvalue weighted by atomic mass is 16.3. The number of nitrogens with zero attached hydrogens (tertiary/aromatic N) is 3. The predicted molar refractivity (Wildman–Crippen MR) is 175 cm³/mol. The van der Waals surface area contributed by atoms with Crippen LogP contribution in [0.3, 0.4) is 0 Å². The SMILES string of the molecule is CC(C)(C)NC(=O)[C@@H]1CN(Cc2cccnc2)CCN1C[C@@H](O)C[C@H](Cc1ccccc1)C(=O)NC1c2ccccc2[C@@H](O)[C@H]1O. The summed E-state index contributed by atoms with van der Waals surface area (Å²) in [4.78, 5) is 35.9. The Bertz CT molecular complexity index is 1450. The molecule has 3 aromatic rings. The summed E-state index contributed by atoms with van der Waals surface area (Å²) in [6.45, 7) is 8.55. The zero-order chi connectivity index (χ0) is 32.8. The zero-order valence-electron chi connectivity index (χ0n) is 26.9. The van der Waals surface area contributed by atoms with Gasteiger partial charge < -0.3 is 26.0 Å². The van der Waals surface area contributed by atoms with Gasteiger partial charge in [-0.05, 0) is 61.9 Å². The molecule has 0 radical (unpaired) electrons. The smallest absolute Gasteiger partial charge is 0.239 e. The van der Waals surface area contributed by atoms with Gasteiger partial charge in [0.25, 0.3) is 0 Å². The van der Waals surface area contributed by atoms with Gasteiger partial charge in [0, 0.05) is 56.6 Å². The van der Waals surface area contributed by atoms with Crippen LogP contribution in [0, 0.1) is 5.92 Å². The summed E-state index contributed by atoms with van der Waals surface area (Å²) in [5.74, 6) is -1.01. The summed E-state index contributed by atoms with van der Waals surface area (Å²) in [6.07, 6.45) is 0.983. The van der Waals surface area contributed by atoms with Crippen molar-refractivity contribution < 1.29 is 24.9 Å². The molecule has 1 aromatic heterocycles. The van der Waals surface area contributed by atoms with Gasteiger partial charge in [-0.3, -0.25) is 24.4 Å². The number of aliphatic hydroxyl groups is 3. The van der Waals surface area contributed by atoms with Crippen LogP contribution < -0.4 is 10.6 Å². The lowest BCUT2D eigenvalue weighted by Gasteiger charge is -2.42. The Kier molecular flexibility index (Phi) is 10.9. The minimum absolute atomic E-state index is 0.0957. The number of carbonyl (C=O) groups is 2. The summed E-state index contributed by atoms with van der Waals surface area (Å²) in [7, 11) is 0. The van der Waals surface area contributed by atoms with Crippen LogP contribution in [0.15, 0.2) is 79.1 Å². The van der Waals surface area contributed by atoms with E-state index in [1.165, 1.54) is 0 Å². The summed E-state index contributed by atoms with van der Waals surface area (Å²) < 4.78 is 0. The molecule has 5 rings (SSSR count). The van der Waals surface area contributed by atoms with Crippen molar-refractivity contribution >= 4 is 11.8 Å². The van der Waals surface area contributed by atoms with Crippen molar-refractivity contribution in [1.82, 2.24) is 25.4 Å². The molecule has 0 saturated carbocycles. The molecule has 5 N–H and O–H groups in total. The van der Waals surface area contributed by atoms with Gasteiger partial charge in [-0.2, -0.15) is 0 Å². The average Bonchev–Trinajstić information content (AvgIpc) is 3.26. The Balaban J connectivity index is 1.30. The lowest BCUT2D eigenvalue weighted by atomic mass is 9.91. The molecule has 1 saturated heterocycles. The molecule has 1 unspecified atom stereocenters. The third kappa shape index (κ3) is 8.57. The van der Waals surface area contributed by atoms with E-state index in [0.29, 0.717) is 37.2 Å². The molecule has 1 aliphatic carbocycles. The van der Waals surface area contributed by atoms with Gasteiger partial charge in [0.1, 0.15) is 18.2 Å². The first-order valence-electron chi connectivity index (χ1n) is 16.1.